The van der Waals surface area contributed by atoms with E-state index in [0.29, 0.717) is 32.5 Å². The molecule has 24 heavy (non-hydrogen) atoms. The largest absolute Gasteiger partial charge is 0.463 e. The number of nitrogens with zero attached hydrogens (tertiary/aromatic N) is 1. The summed E-state index contributed by atoms with van der Waals surface area (Å²) in [5.41, 5.74) is 6.31. The lowest BCUT2D eigenvalue weighted by molar-refractivity contribution is 0.230. The summed E-state index contributed by atoms with van der Waals surface area (Å²) in [6.07, 6.45) is 2.99. The topological polar surface area (TPSA) is 101 Å². The van der Waals surface area contributed by atoms with E-state index in [1.54, 1.807) is 38.3 Å². The molecule has 0 amide bonds. The molecule has 0 aliphatic rings. The molecular weight excluding hydrogens is 351 g/mol. The fraction of sp³-hybridized carbons (Fsp3) is 0.267. The van der Waals surface area contributed by atoms with Crippen molar-refractivity contribution < 1.29 is 22.4 Å². The highest BCUT2D eigenvalue weighted by Gasteiger charge is 2.34. The average molecular weight is 368 g/mol. The third kappa shape index (κ3) is 3.06. The van der Waals surface area contributed by atoms with Gasteiger partial charge < -0.3 is 23.6 Å². The van der Waals surface area contributed by atoms with Crippen LogP contribution in [0.5, 0.6) is 0 Å². The van der Waals surface area contributed by atoms with Crippen LogP contribution >= 0.6 is 18.9 Å². The van der Waals surface area contributed by atoms with Gasteiger partial charge in [0.15, 0.2) is 10.9 Å². The summed E-state index contributed by atoms with van der Waals surface area (Å²) in [5, 5.41) is 0.672. The van der Waals surface area contributed by atoms with E-state index in [1.807, 2.05) is 0 Å². The van der Waals surface area contributed by atoms with E-state index in [-0.39, 0.29) is 13.2 Å². The molecule has 0 bridgehead atoms. The minimum atomic E-state index is -3.51. The van der Waals surface area contributed by atoms with Crippen LogP contribution in [0.4, 0.5) is 5.13 Å². The Morgan fingerprint density at radius 1 is 1.21 bits per heavy atom. The molecule has 3 rings (SSSR count). The first-order chi connectivity index (χ1) is 11.6. The molecule has 3 aromatic heterocycles. The van der Waals surface area contributed by atoms with Gasteiger partial charge in [0.2, 0.25) is 0 Å². The van der Waals surface area contributed by atoms with Crippen molar-refractivity contribution in [2.75, 3.05) is 18.9 Å². The van der Waals surface area contributed by atoms with Gasteiger partial charge >= 0.3 is 7.60 Å². The van der Waals surface area contributed by atoms with Crippen LogP contribution in [0.15, 0.2) is 39.6 Å². The molecule has 9 heteroatoms. The van der Waals surface area contributed by atoms with Crippen molar-refractivity contribution in [2.24, 2.45) is 0 Å². The Balaban J connectivity index is 2.13. The molecule has 2 N–H and O–H groups in total. The molecule has 3 heterocycles. The van der Waals surface area contributed by atoms with Crippen molar-refractivity contribution >= 4 is 29.4 Å². The van der Waals surface area contributed by atoms with Crippen LogP contribution in [0.3, 0.4) is 0 Å². The first kappa shape index (κ1) is 17.0. The highest BCUT2D eigenvalue weighted by molar-refractivity contribution is 7.62. The summed E-state index contributed by atoms with van der Waals surface area (Å²) >= 11 is 1.26. The fourth-order valence-electron chi connectivity index (χ4n) is 2.28. The monoisotopic (exact) mass is 368 g/mol. The van der Waals surface area contributed by atoms with E-state index in [0.717, 1.165) is 0 Å². The molecule has 0 saturated heterocycles. The molecule has 3 aromatic rings. The van der Waals surface area contributed by atoms with Crippen LogP contribution in [0.2, 0.25) is 0 Å². The van der Waals surface area contributed by atoms with Crippen LogP contribution in [-0.4, -0.2) is 18.2 Å². The molecule has 0 fully saturated rings. The molecule has 0 atom stereocenters. The van der Waals surface area contributed by atoms with Gasteiger partial charge in [-0.1, -0.05) is 11.3 Å². The first-order valence-electron chi connectivity index (χ1n) is 7.36. The molecule has 128 valence electrons. The summed E-state index contributed by atoms with van der Waals surface area (Å²) < 4.78 is 34.9. The zero-order valence-electron chi connectivity index (χ0n) is 13.2. The first-order valence-corrected chi connectivity index (χ1v) is 9.72. The molecule has 0 unspecified atom stereocenters. The summed E-state index contributed by atoms with van der Waals surface area (Å²) in [6, 6.07) is 5.13. The minimum absolute atomic E-state index is 0.242. The number of hydrogen-bond acceptors (Lipinski definition) is 8. The van der Waals surface area contributed by atoms with Gasteiger partial charge in [-0.2, -0.15) is 0 Å². The van der Waals surface area contributed by atoms with Gasteiger partial charge in [0.05, 0.1) is 25.7 Å². The Labute approximate surface area is 142 Å². The van der Waals surface area contributed by atoms with E-state index in [2.05, 4.69) is 4.98 Å². The van der Waals surface area contributed by atoms with Crippen molar-refractivity contribution in [1.29, 1.82) is 0 Å². The van der Waals surface area contributed by atoms with E-state index in [4.69, 9.17) is 23.6 Å². The van der Waals surface area contributed by atoms with E-state index in [1.165, 1.54) is 17.6 Å². The molecular formula is C15H17N2O5PS. The summed E-state index contributed by atoms with van der Waals surface area (Å²) in [4.78, 5) is 5.00. The van der Waals surface area contributed by atoms with Gasteiger partial charge in [-0.05, 0) is 32.0 Å². The van der Waals surface area contributed by atoms with Crippen LogP contribution in [0.1, 0.15) is 13.8 Å². The predicted molar refractivity (Wildman–Crippen MR) is 92.4 cm³/mol. The fourth-order valence-corrected chi connectivity index (χ4v) is 4.76. The zero-order valence-corrected chi connectivity index (χ0v) is 14.9. The number of hydrogen-bond donors (Lipinski definition) is 1. The number of anilines is 1. The van der Waals surface area contributed by atoms with Crippen molar-refractivity contribution in [1.82, 2.24) is 4.98 Å². The van der Waals surface area contributed by atoms with Crippen LogP contribution in [0, 0.1) is 0 Å². The van der Waals surface area contributed by atoms with Crippen molar-refractivity contribution in [3.05, 3.63) is 30.7 Å². The number of rotatable bonds is 7. The van der Waals surface area contributed by atoms with Crippen LogP contribution < -0.4 is 11.0 Å². The maximum atomic E-state index is 13.1. The molecule has 0 saturated carbocycles. The second-order valence-electron chi connectivity index (χ2n) is 4.68. The number of aromatic nitrogens is 1. The number of nitrogens with two attached hydrogens (primary N) is 1. The summed E-state index contributed by atoms with van der Waals surface area (Å²) in [5.74, 6) is 0.906. The lowest BCUT2D eigenvalue weighted by atomic mass is 10.2. The summed E-state index contributed by atoms with van der Waals surface area (Å²) in [7, 11) is -3.51. The van der Waals surface area contributed by atoms with Gasteiger partial charge in [0, 0.05) is 0 Å². The maximum Gasteiger partial charge on any atom is 0.365 e. The highest BCUT2D eigenvalue weighted by Crippen LogP contribution is 2.50. The van der Waals surface area contributed by atoms with Crippen molar-refractivity contribution in [3.8, 4) is 22.1 Å². The number of furan rings is 2. The lowest BCUT2D eigenvalue weighted by Crippen LogP contribution is -2.11. The van der Waals surface area contributed by atoms with E-state index in [9.17, 15) is 4.57 Å². The molecule has 7 nitrogen and oxygen atoms in total. The molecule has 0 spiro atoms. The second kappa shape index (κ2) is 6.94. The van der Waals surface area contributed by atoms with Gasteiger partial charge in [-0.25, -0.2) is 4.98 Å². The molecule has 0 radical (unpaired) electrons. The lowest BCUT2D eigenvalue weighted by Gasteiger charge is -2.16. The standard InChI is InChI=1S/C15H17N2O5PS/c1-3-21-23(18,22-4-2)11-7-9-20-13(11)12-14(24-15(16)17-12)10-6-5-8-19-10/h5-9H,3-4H2,1-2H3,(H2,16,17). The maximum absolute atomic E-state index is 13.1. The van der Waals surface area contributed by atoms with Crippen LogP contribution in [-0.2, 0) is 13.6 Å². The Kier molecular flexibility index (Phi) is 4.91. The Hall–Kier alpha value is -1.86. The highest BCUT2D eigenvalue weighted by atomic mass is 32.1. The van der Waals surface area contributed by atoms with Gasteiger partial charge in [-0.15, -0.1) is 0 Å². The minimum Gasteiger partial charge on any atom is -0.463 e. The van der Waals surface area contributed by atoms with Crippen molar-refractivity contribution in [3.63, 3.8) is 0 Å². The van der Waals surface area contributed by atoms with Gasteiger partial charge in [-0.3, -0.25) is 4.57 Å². The van der Waals surface area contributed by atoms with Crippen molar-refractivity contribution in [2.45, 2.75) is 13.8 Å². The predicted octanol–water partition coefficient (Wildman–Crippen LogP) is 4.14. The third-order valence-electron chi connectivity index (χ3n) is 3.14. The van der Waals surface area contributed by atoms with Gasteiger partial charge in [0.1, 0.15) is 21.6 Å². The smallest absolute Gasteiger partial charge is 0.365 e. The zero-order chi connectivity index (χ0) is 17.2. The Morgan fingerprint density at radius 2 is 1.96 bits per heavy atom. The van der Waals surface area contributed by atoms with E-state index >= 15 is 0 Å². The second-order valence-corrected chi connectivity index (χ2v) is 7.70. The van der Waals surface area contributed by atoms with Crippen LogP contribution in [0.25, 0.3) is 22.1 Å². The summed E-state index contributed by atoms with van der Waals surface area (Å²) in [6.45, 7) is 3.99. The SMILES string of the molecule is CCOP(=O)(OCC)c1ccoc1-c1nc(N)sc1-c1ccco1. The Bertz CT molecular complexity index is 845. The Morgan fingerprint density at radius 3 is 2.58 bits per heavy atom. The molecule has 0 aliphatic heterocycles. The third-order valence-corrected chi connectivity index (χ3v) is 6.18. The quantitative estimate of drug-likeness (QED) is 0.626. The number of nitrogen functional groups attached to an aromatic ring is 1. The van der Waals surface area contributed by atoms with Gasteiger partial charge in [0.25, 0.3) is 0 Å². The average Bonchev–Trinajstić information content (AvgIpc) is 3.27. The van der Waals surface area contributed by atoms with E-state index < -0.39 is 7.60 Å². The normalized spacial score (nSPS) is 11.9. The number of thiazole rings is 1. The molecule has 0 aromatic carbocycles. The molecule has 0 aliphatic carbocycles.